The quantitative estimate of drug-likeness (QED) is 0.875. The predicted octanol–water partition coefficient (Wildman–Crippen LogP) is 3.29. The predicted molar refractivity (Wildman–Crippen MR) is 63.3 cm³/mol. The summed E-state index contributed by atoms with van der Waals surface area (Å²) < 4.78 is 1.03. The van der Waals surface area contributed by atoms with E-state index in [4.69, 9.17) is 0 Å². The molecule has 0 radical (unpaired) electrons. The van der Waals surface area contributed by atoms with E-state index in [0.29, 0.717) is 6.04 Å². The Morgan fingerprint density at radius 2 is 2.21 bits per heavy atom. The van der Waals surface area contributed by atoms with Gasteiger partial charge >= 0.3 is 0 Å². The van der Waals surface area contributed by atoms with Crippen molar-refractivity contribution in [2.75, 3.05) is 6.54 Å². The molecular weight excluding hydrogens is 240 g/mol. The fraction of sp³-hybridized carbons (Fsp3) is 0.545. The first-order valence-electron chi connectivity index (χ1n) is 5.12. The van der Waals surface area contributed by atoms with E-state index >= 15 is 0 Å². The van der Waals surface area contributed by atoms with Gasteiger partial charge in [-0.3, -0.25) is 4.98 Å². The molecule has 0 bridgehead atoms. The topological polar surface area (TPSA) is 24.9 Å². The molecule has 0 amide bonds. The summed E-state index contributed by atoms with van der Waals surface area (Å²) in [5, 5.41) is 3.48. The lowest BCUT2D eigenvalue weighted by Crippen LogP contribution is -2.22. The van der Waals surface area contributed by atoms with E-state index in [0.717, 1.165) is 29.6 Å². The molecule has 78 valence electrons. The number of pyridine rings is 1. The second-order valence-corrected chi connectivity index (χ2v) is 4.23. The molecule has 0 fully saturated rings. The van der Waals surface area contributed by atoms with Gasteiger partial charge in [0.25, 0.3) is 0 Å². The molecule has 1 N–H and O–H groups in total. The van der Waals surface area contributed by atoms with Crippen molar-refractivity contribution < 1.29 is 0 Å². The SMILES string of the molecule is CCCNC(CC)c1ccc(Br)cn1. The first-order chi connectivity index (χ1) is 6.77. The fourth-order valence-corrected chi connectivity index (χ4v) is 1.60. The van der Waals surface area contributed by atoms with Crippen LogP contribution in [-0.2, 0) is 0 Å². The van der Waals surface area contributed by atoms with Crippen molar-refractivity contribution in [3.05, 3.63) is 28.5 Å². The summed E-state index contributed by atoms with van der Waals surface area (Å²) in [5.74, 6) is 0. The number of hydrogen-bond acceptors (Lipinski definition) is 2. The maximum atomic E-state index is 4.39. The lowest BCUT2D eigenvalue weighted by atomic mass is 10.1. The number of rotatable bonds is 5. The summed E-state index contributed by atoms with van der Waals surface area (Å²) in [4.78, 5) is 4.39. The Morgan fingerprint density at radius 1 is 1.43 bits per heavy atom. The number of nitrogens with zero attached hydrogens (tertiary/aromatic N) is 1. The van der Waals surface area contributed by atoms with Crippen LogP contribution in [0.25, 0.3) is 0 Å². The third-order valence-electron chi connectivity index (χ3n) is 2.16. The van der Waals surface area contributed by atoms with E-state index < -0.39 is 0 Å². The second kappa shape index (κ2) is 6.14. The first kappa shape index (κ1) is 11.7. The van der Waals surface area contributed by atoms with E-state index in [1.54, 1.807) is 0 Å². The van der Waals surface area contributed by atoms with Gasteiger partial charge in [-0.15, -0.1) is 0 Å². The molecule has 1 aromatic rings. The van der Waals surface area contributed by atoms with Crippen molar-refractivity contribution in [2.45, 2.75) is 32.7 Å². The van der Waals surface area contributed by atoms with Crippen LogP contribution in [0.1, 0.15) is 38.4 Å². The van der Waals surface area contributed by atoms with Crippen molar-refractivity contribution in [3.63, 3.8) is 0 Å². The highest BCUT2D eigenvalue weighted by molar-refractivity contribution is 9.10. The third kappa shape index (κ3) is 3.39. The van der Waals surface area contributed by atoms with Crippen LogP contribution >= 0.6 is 15.9 Å². The standard InChI is InChI=1S/C11H17BrN2/c1-3-7-13-10(4-2)11-6-5-9(12)8-14-11/h5-6,8,10,13H,3-4,7H2,1-2H3. The summed E-state index contributed by atoms with van der Waals surface area (Å²) in [6.45, 7) is 5.40. The van der Waals surface area contributed by atoms with Gasteiger partial charge in [-0.2, -0.15) is 0 Å². The van der Waals surface area contributed by atoms with Gasteiger partial charge in [-0.05, 0) is 47.4 Å². The molecule has 1 rings (SSSR count). The van der Waals surface area contributed by atoms with Crippen molar-refractivity contribution in [1.29, 1.82) is 0 Å². The van der Waals surface area contributed by atoms with Crippen LogP contribution in [-0.4, -0.2) is 11.5 Å². The number of hydrogen-bond donors (Lipinski definition) is 1. The molecule has 0 saturated carbocycles. The summed E-state index contributed by atoms with van der Waals surface area (Å²) >= 11 is 3.39. The number of nitrogens with one attached hydrogen (secondary N) is 1. The average Bonchev–Trinajstić information content (AvgIpc) is 2.21. The minimum atomic E-state index is 0.392. The minimum absolute atomic E-state index is 0.392. The van der Waals surface area contributed by atoms with Crippen molar-refractivity contribution in [1.82, 2.24) is 10.3 Å². The van der Waals surface area contributed by atoms with Gasteiger partial charge in [0.2, 0.25) is 0 Å². The van der Waals surface area contributed by atoms with E-state index in [2.05, 4.69) is 46.1 Å². The van der Waals surface area contributed by atoms with Gasteiger partial charge in [0, 0.05) is 16.7 Å². The van der Waals surface area contributed by atoms with Crippen molar-refractivity contribution >= 4 is 15.9 Å². The van der Waals surface area contributed by atoms with Gasteiger partial charge in [-0.1, -0.05) is 13.8 Å². The molecule has 0 aliphatic heterocycles. The van der Waals surface area contributed by atoms with Gasteiger partial charge < -0.3 is 5.32 Å². The van der Waals surface area contributed by atoms with Gasteiger partial charge in [-0.25, -0.2) is 0 Å². The highest BCUT2D eigenvalue weighted by atomic mass is 79.9. The zero-order valence-electron chi connectivity index (χ0n) is 8.76. The Hall–Kier alpha value is -0.410. The van der Waals surface area contributed by atoms with Crippen LogP contribution in [0, 0.1) is 0 Å². The Balaban J connectivity index is 2.64. The molecule has 1 unspecified atom stereocenters. The normalized spacial score (nSPS) is 12.8. The number of halogens is 1. The fourth-order valence-electron chi connectivity index (χ4n) is 1.37. The minimum Gasteiger partial charge on any atom is -0.309 e. The molecule has 0 aliphatic carbocycles. The summed E-state index contributed by atoms with van der Waals surface area (Å²) in [7, 11) is 0. The smallest absolute Gasteiger partial charge is 0.0573 e. The summed E-state index contributed by atoms with van der Waals surface area (Å²) in [6.07, 6.45) is 4.09. The van der Waals surface area contributed by atoms with E-state index in [-0.39, 0.29) is 0 Å². The first-order valence-corrected chi connectivity index (χ1v) is 5.92. The molecule has 0 aliphatic rings. The van der Waals surface area contributed by atoms with Gasteiger partial charge in [0.15, 0.2) is 0 Å². The monoisotopic (exact) mass is 256 g/mol. The van der Waals surface area contributed by atoms with Crippen LogP contribution in [0.2, 0.25) is 0 Å². The molecule has 1 aromatic heterocycles. The van der Waals surface area contributed by atoms with Crippen LogP contribution in [0.15, 0.2) is 22.8 Å². The van der Waals surface area contributed by atoms with E-state index in [1.165, 1.54) is 0 Å². The Kier molecular flexibility index (Phi) is 5.12. The highest BCUT2D eigenvalue weighted by Gasteiger charge is 2.08. The van der Waals surface area contributed by atoms with Crippen LogP contribution < -0.4 is 5.32 Å². The van der Waals surface area contributed by atoms with E-state index in [1.807, 2.05) is 12.3 Å². The molecule has 3 heteroatoms. The second-order valence-electron chi connectivity index (χ2n) is 3.32. The van der Waals surface area contributed by atoms with Crippen molar-refractivity contribution in [3.8, 4) is 0 Å². The maximum absolute atomic E-state index is 4.39. The molecule has 0 aromatic carbocycles. The maximum Gasteiger partial charge on any atom is 0.0573 e. The largest absolute Gasteiger partial charge is 0.309 e. The molecule has 1 heterocycles. The Morgan fingerprint density at radius 3 is 2.71 bits per heavy atom. The molecular formula is C11H17BrN2. The summed E-state index contributed by atoms with van der Waals surface area (Å²) in [6, 6.07) is 4.50. The van der Waals surface area contributed by atoms with Gasteiger partial charge in [0.05, 0.1) is 5.69 Å². The molecule has 14 heavy (non-hydrogen) atoms. The van der Waals surface area contributed by atoms with Crippen LogP contribution in [0.3, 0.4) is 0 Å². The van der Waals surface area contributed by atoms with Crippen LogP contribution in [0.4, 0.5) is 0 Å². The Bertz CT molecular complexity index is 258. The number of aromatic nitrogens is 1. The molecule has 1 atom stereocenters. The zero-order valence-corrected chi connectivity index (χ0v) is 10.3. The average molecular weight is 257 g/mol. The molecule has 0 saturated heterocycles. The zero-order chi connectivity index (χ0) is 10.4. The highest BCUT2D eigenvalue weighted by Crippen LogP contribution is 2.16. The van der Waals surface area contributed by atoms with Crippen LogP contribution in [0.5, 0.6) is 0 Å². The molecule has 0 spiro atoms. The van der Waals surface area contributed by atoms with E-state index in [9.17, 15) is 0 Å². The lowest BCUT2D eigenvalue weighted by Gasteiger charge is -2.15. The lowest BCUT2D eigenvalue weighted by molar-refractivity contribution is 0.507. The van der Waals surface area contributed by atoms with Crippen molar-refractivity contribution in [2.24, 2.45) is 0 Å². The third-order valence-corrected chi connectivity index (χ3v) is 2.63. The van der Waals surface area contributed by atoms with Gasteiger partial charge in [0.1, 0.15) is 0 Å². The Labute approximate surface area is 94.3 Å². The molecule has 2 nitrogen and oxygen atoms in total. The summed E-state index contributed by atoms with van der Waals surface area (Å²) in [5.41, 5.74) is 1.13.